The maximum absolute atomic E-state index is 9.47. The number of anilines is 1. The second-order valence-electron chi connectivity index (χ2n) is 4.43. The lowest BCUT2D eigenvalue weighted by atomic mass is 10.0. The van der Waals surface area contributed by atoms with Crippen LogP contribution in [0.15, 0.2) is 53.6 Å². The largest absolute Gasteiger partial charge is 0.384 e. The quantitative estimate of drug-likeness (QED) is 0.726. The van der Waals surface area contributed by atoms with Crippen LogP contribution in [0.1, 0.15) is 5.56 Å². The molecule has 0 aliphatic carbocycles. The van der Waals surface area contributed by atoms with Gasteiger partial charge in [0.05, 0.1) is 11.1 Å². The van der Waals surface area contributed by atoms with Crippen LogP contribution >= 0.6 is 11.8 Å². The molecule has 0 fully saturated rings. The summed E-state index contributed by atoms with van der Waals surface area (Å²) in [5.74, 6) is 0.606. The molecule has 3 nitrogen and oxygen atoms in total. The third-order valence-corrected chi connectivity index (χ3v) is 4.12. The Morgan fingerprint density at radius 3 is 2.55 bits per heavy atom. The van der Waals surface area contributed by atoms with E-state index in [-0.39, 0.29) is 0 Å². The third kappa shape index (κ3) is 1.84. The number of thioether (sulfide) groups is 1. The van der Waals surface area contributed by atoms with Gasteiger partial charge in [-0.15, -0.1) is 11.8 Å². The standard InChI is InChI=1S/C16H13N3S/c1-20-12-7-5-11(6-8-12)15-13(10-17)14-4-2-3-9-19(14)16(15)18/h2-9H,18H2,1H3. The number of benzene rings is 1. The zero-order valence-electron chi connectivity index (χ0n) is 11.0. The SMILES string of the molecule is CSc1ccc(-c2c(C#N)c3ccccn3c2N)cc1. The molecule has 0 bridgehead atoms. The van der Waals surface area contributed by atoms with Gasteiger partial charge in [0.1, 0.15) is 11.9 Å². The molecule has 0 amide bonds. The molecule has 0 aliphatic rings. The summed E-state index contributed by atoms with van der Waals surface area (Å²) in [4.78, 5) is 1.19. The minimum Gasteiger partial charge on any atom is -0.384 e. The Hall–Kier alpha value is -2.38. The fraction of sp³-hybridized carbons (Fsp3) is 0.0625. The van der Waals surface area contributed by atoms with Crippen molar-refractivity contribution in [2.45, 2.75) is 4.90 Å². The Morgan fingerprint density at radius 2 is 1.90 bits per heavy atom. The number of hydrogen-bond acceptors (Lipinski definition) is 3. The fourth-order valence-electron chi connectivity index (χ4n) is 2.40. The summed E-state index contributed by atoms with van der Waals surface area (Å²) in [5, 5.41) is 9.47. The Labute approximate surface area is 121 Å². The highest BCUT2D eigenvalue weighted by Crippen LogP contribution is 2.35. The Bertz CT molecular complexity index is 810. The van der Waals surface area contributed by atoms with E-state index in [1.54, 1.807) is 11.8 Å². The monoisotopic (exact) mass is 279 g/mol. The van der Waals surface area contributed by atoms with E-state index in [0.717, 1.165) is 16.6 Å². The van der Waals surface area contributed by atoms with E-state index in [4.69, 9.17) is 5.73 Å². The first kappa shape index (κ1) is 12.6. The van der Waals surface area contributed by atoms with Gasteiger partial charge in [0.25, 0.3) is 0 Å². The lowest BCUT2D eigenvalue weighted by molar-refractivity contribution is 1.21. The number of nitriles is 1. The third-order valence-electron chi connectivity index (χ3n) is 3.37. The van der Waals surface area contributed by atoms with Crippen molar-refractivity contribution < 1.29 is 0 Å². The topological polar surface area (TPSA) is 54.2 Å². The molecule has 0 saturated heterocycles. The summed E-state index contributed by atoms with van der Waals surface area (Å²) in [5.41, 5.74) is 9.48. The van der Waals surface area contributed by atoms with E-state index in [0.29, 0.717) is 11.4 Å². The van der Waals surface area contributed by atoms with Crippen molar-refractivity contribution in [3.8, 4) is 17.2 Å². The van der Waals surface area contributed by atoms with Gasteiger partial charge in [-0.05, 0) is 36.1 Å². The zero-order chi connectivity index (χ0) is 14.1. The van der Waals surface area contributed by atoms with E-state index in [1.165, 1.54) is 4.90 Å². The predicted molar refractivity (Wildman–Crippen MR) is 83.7 cm³/mol. The van der Waals surface area contributed by atoms with Crippen molar-refractivity contribution in [2.24, 2.45) is 0 Å². The molecular formula is C16H13N3S. The van der Waals surface area contributed by atoms with Crippen LogP contribution in [0.3, 0.4) is 0 Å². The van der Waals surface area contributed by atoms with Gasteiger partial charge in [0, 0.05) is 16.7 Å². The molecule has 3 rings (SSSR count). The number of hydrogen-bond donors (Lipinski definition) is 1. The van der Waals surface area contributed by atoms with Gasteiger partial charge in [0.2, 0.25) is 0 Å². The number of nitrogen functional groups attached to an aromatic ring is 1. The van der Waals surface area contributed by atoms with E-state index in [9.17, 15) is 5.26 Å². The molecule has 4 heteroatoms. The van der Waals surface area contributed by atoms with Crippen molar-refractivity contribution in [1.82, 2.24) is 4.40 Å². The minimum atomic E-state index is 0.606. The van der Waals surface area contributed by atoms with Crippen molar-refractivity contribution in [3.05, 3.63) is 54.2 Å². The summed E-state index contributed by atoms with van der Waals surface area (Å²) in [7, 11) is 0. The number of nitrogens with two attached hydrogens (primary N) is 1. The summed E-state index contributed by atoms with van der Waals surface area (Å²) < 4.78 is 1.86. The van der Waals surface area contributed by atoms with Crippen molar-refractivity contribution in [2.75, 3.05) is 12.0 Å². The van der Waals surface area contributed by atoms with Crippen LogP contribution < -0.4 is 5.73 Å². The number of aromatic nitrogens is 1. The number of fused-ring (bicyclic) bond motifs is 1. The van der Waals surface area contributed by atoms with Crippen LogP contribution in [0, 0.1) is 11.3 Å². The molecule has 2 N–H and O–H groups in total. The molecular weight excluding hydrogens is 266 g/mol. The highest BCUT2D eigenvalue weighted by Gasteiger charge is 2.17. The Balaban J connectivity index is 2.30. The van der Waals surface area contributed by atoms with Gasteiger partial charge >= 0.3 is 0 Å². The molecule has 2 aromatic heterocycles. The lowest BCUT2D eigenvalue weighted by Crippen LogP contribution is -1.93. The summed E-state index contributed by atoms with van der Waals surface area (Å²) >= 11 is 1.69. The van der Waals surface area contributed by atoms with Crippen molar-refractivity contribution in [3.63, 3.8) is 0 Å². The van der Waals surface area contributed by atoms with Crippen LogP contribution in [0.5, 0.6) is 0 Å². The molecule has 0 spiro atoms. The van der Waals surface area contributed by atoms with Crippen LogP contribution in [-0.4, -0.2) is 10.7 Å². The minimum absolute atomic E-state index is 0.606. The zero-order valence-corrected chi connectivity index (χ0v) is 11.8. The van der Waals surface area contributed by atoms with Gasteiger partial charge < -0.3 is 10.1 Å². The molecule has 2 heterocycles. The van der Waals surface area contributed by atoms with Crippen LogP contribution in [0.2, 0.25) is 0 Å². The average Bonchev–Trinajstić information content (AvgIpc) is 2.80. The highest BCUT2D eigenvalue weighted by atomic mass is 32.2. The summed E-state index contributed by atoms with van der Waals surface area (Å²) in [6.07, 6.45) is 3.92. The first-order chi connectivity index (χ1) is 9.76. The molecule has 3 aromatic rings. The van der Waals surface area contributed by atoms with Crippen LogP contribution in [0.4, 0.5) is 5.82 Å². The number of nitrogens with zero attached hydrogens (tertiary/aromatic N) is 2. The predicted octanol–water partition coefficient (Wildman–Crippen LogP) is 3.78. The fourth-order valence-corrected chi connectivity index (χ4v) is 2.80. The van der Waals surface area contributed by atoms with E-state index in [1.807, 2.05) is 59.3 Å². The Kier molecular flexibility index (Phi) is 3.13. The molecule has 98 valence electrons. The lowest BCUT2D eigenvalue weighted by Gasteiger charge is -2.03. The smallest absolute Gasteiger partial charge is 0.117 e. The summed E-state index contributed by atoms with van der Waals surface area (Å²) in [6, 6.07) is 16.1. The Morgan fingerprint density at radius 1 is 1.15 bits per heavy atom. The molecule has 1 aromatic carbocycles. The van der Waals surface area contributed by atoms with Gasteiger partial charge in [-0.1, -0.05) is 18.2 Å². The van der Waals surface area contributed by atoms with Gasteiger partial charge in [-0.25, -0.2) is 0 Å². The first-order valence-corrected chi connectivity index (χ1v) is 7.41. The van der Waals surface area contributed by atoms with E-state index < -0.39 is 0 Å². The first-order valence-electron chi connectivity index (χ1n) is 6.19. The molecule has 0 radical (unpaired) electrons. The van der Waals surface area contributed by atoms with Gasteiger partial charge in [-0.3, -0.25) is 0 Å². The molecule has 0 saturated carbocycles. The highest BCUT2D eigenvalue weighted by molar-refractivity contribution is 7.98. The van der Waals surface area contributed by atoms with Gasteiger partial charge in [-0.2, -0.15) is 5.26 Å². The maximum Gasteiger partial charge on any atom is 0.117 e. The number of rotatable bonds is 2. The normalized spacial score (nSPS) is 10.6. The van der Waals surface area contributed by atoms with Crippen LogP contribution in [0.25, 0.3) is 16.6 Å². The summed E-state index contributed by atoms with van der Waals surface area (Å²) in [6.45, 7) is 0. The molecule has 0 unspecified atom stereocenters. The second kappa shape index (κ2) is 4.95. The van der Waals surface area contributed by atoms with E-state index in [2.05, 4.69) is 6.07 Å². The maximum atomic E-state index is 9.47. The van der Waals surface area contributed by atoms with E-state index >= 15 is 0 Å². The molecule has 0 aliphatic heterocycles. The number of pyridine rings is 1. The van der Waals surface area contributed by atoms with Crippen LogP contribution in [-0.2, 0) is 0 Å². The average molecular weight is 279 g/mol. The molecule has 0 atom stereocenters. The van der Waals surface area contributed by atoms with Gasteiger partial charge in [0.15, 0.2) is 0 Å². The van der Waals surface area contributed by atoms with Crippen molar-refractivity contribution in [1.29, 1.82) is 5.26 Å². The molecule has 20 heavy (non-hydrogen) atoms. The second-order valence-corrected chi connectivity index (χ2v) is 5.31. The van der Waals surface area contributed by atoms with Crippen molar-refractivity contribution >= 4 is 23.1 Å².